The summed E-state index contributed by atoms with van der Waals surface area (Å²) in [6, 6.07) is 8.25. The Kier molecular flexibility index (Phi) is 4.36. The van der Waals surface area contributed by atoms with Gasteiger partial charge in [0.25, 0.3) is 0 Å². The van der Waals surface area contributed by atoms with Gasteiger partial charge in [0.05, 0.1) is 6.10 Å². The fourth-order valence-corrected chi connectivity index (χ4v) is 3.23. The molecule has 2 aromatic heterocycles. The molecule has 130 valence electrons. The molecule has 4 rings (SSSR count). The SMILES string of the molecule is CCOC1CC(c2nc(-c3cccc(Cn4ccnc4C)c3)no2)C1. The number of ether oxygens (including phenoxy) is 1. The van der Waals surface area contributed by atoms with Crippen LogP contribution in [-0.4, -0.2) is 32.4 Å². The van der Waals surface area contributed by atoms with Crippen molar-refractivity contribution in [2.75, 3.05) is 6.61 Å². The largest absolute Gasteiger partial charge is 0.378 e. The maximum Gasteiger partial charge on any atom is 0.230 e. The second kappa shape index (κ2) is 6.80. The standard InChI is InChI=1S/C19H22N4O2/c1-3-24-17-10-16(11-17)19-21-18(22-25-19)15-6-4-5-14(9-15)12-23-8-7-20-13(23)2/h4-9,16-17H,3,10-12H2,1-2H3. The van der Waals surface area contributed by atoms with Gasteiger partial charge in [-0.05, 0) is 38.3 Å². The first-order chi connectivity index (χ1) is 12.2. The van der Waals surface area contributed by atoms with Gasteiger partial charge in [-0.1, -0.05) is 23.4 Å². The van der Waals surface area contributed by atoms with Crippen LogP contribution < -0.4 is 0 Å². The lowest BCUT2D eigenvalue weighted by Crippen LogP contribution is -2.29. The van der Waals surface area contributed by atoms with Crippen molar-refractivity contribution in [3.63, 3.8) is 0 Å². The second-order valence-corrected chi connectivity index (χ2v) is 6.50. The Morgan fingerprint density at radius 3 is 2.96 bits per heavy atom. The Morgan fingerprint density at radius 1 is 1.32 bits per heavy atom. The summed E-state index contributed by atoms with van der Waals surface area (Å²) < 4.78 is 13.2. The lowest BCUT2D eigenvalue weighted by Gasteiger charge is -2.32. The Balaban J connectivity index is 1.47. The Hall–Kier alpha value is -2.47. The Labute approximate surface area is 146 Å². The zero-order valence-corrected chi connectivity index (χ0v) is 14.6. The van der Waals surface area contributed by atoms with Crippen molar-refractivity contribution in [2.45, 2.75) is 45.3 Å². The molecule has 1 aliphatic rings. The van der Waals surface area contributed by atoms with Gasteiger partial charge in [-0.15, -0.1) is 0 Å². The van der Waals surface area contributed by atoms with Crippen LogP contribution in [0.4, 0.5) is 0 Å². The van der Waals surface area contributed by atoms with E-state index >= 15 is 0 Å². The molecule has 0 unspecified atom stereocenters. The predicted octanol–water partition coefficient (Wildman–Crippen LogP) is 3.57. The van der Waals surface area contributed by atoms with Gasteiger partial charge in [0, 0.05) is 37.0 Å². The number of hydrogen-bond acceptors (Lipinski definition) is 5. The van der Waals surface area contributed by atoms with Crippen LogP contribution in [0.15, 0.2) is 41.2 Å². The summed E-state index contributed by atoms with van der Waals surface area (Å²) in [5, 5.41) is 4.17. The van der Waals surface area contributed by atoms with E-state index in [1.54, 1.807) is 0 Å². The van der Waals surface area contributed by atoms with Crippen LogP contribution in [0.3, 0.4) is 0 Å². The average molecular weight is 338 g/mol. The number of hydrogen-bond donors (Lipinski definition) is 0. The summed E-state index contributed by atoms with van der Waals surface area (Å²) in [7, 11) is 0. The summed E-state index contributed by atoms with van der Waals surface area (Å²) in [6.45, 7) is 5.57. The van der Waals surface area contributed by atoms with E-state index in [0.717, 1.165) is 43.3 Å². The van der Waals surface area contributed by atoms with Gasteiger partial charge >= 0.3 is 0 Å². The van der Waals surface area contributed by atoms with Gasteiger partial charge < -0.3 is 13.8 Å². The highest BCUT2D eigenvalue weighted by Crippen LogP contribution is 2.38. The molecule has 0 radical (unpaired) electrons. The lowest BCUT2D eigenvalue weighted by molar-refractivity contribution is -0.00961. The fourth-order valence-electron chi connectivity index (χ4n) is 3.23. The first-order valence-electron chi connectivity index (χ1n) is 8.75. The Bertz CT molecular complexity index is 848. The van der Waals surface area contributed by atoms with Crippen LogP contribution in [-0.2, 0) is 11.3 Å². The maximum absolute atomic E-state index is 5.60. The quantitative estimate of drug-likeness (QED) is 0.687. The first-order valence-corrected chi connectivity index (χ1v) is 8.75. The zero-order valence-electron chi connectivity index (χ0n) is 14.6. The molecular formula is C19H22N4O2. The van der Waals surface area contributed by atoms with Crippen LogP contribution in [0.2, 0.25) is 0 Å². The van der Waals surface area contributed by atoms with Crippen molar-refractivity contribution in [3.05, 3.63) is 53.9 Å². The molecule has 1 aliphatic carbocycles. The van der Waals surface area contributed by atoms with Crippen LogP contribution in [0.1, 0.15) is 43.0 Å². The van der Waals surface area contributed by atoms with Crippen molar-refractivity contribution in [3.8, 4) is 11.4 Å². The van der Waals surface area contributed by atoms with Gasteiger partial charge in [0.1, 0.15) is 5.82 Å². The average Bonchev–Trinajstić information content (AvgIpc) is 3.21. The minimum Gasteiger partial charge on any atom is -0.378 e. The van der Waals surface area contributed by atoms with Crippen molar-refractivity contribution < 1.29 is 9.26 Å². The van der Waals surface area contributed by atoms with E-state index in [1.165, 1.54) is 5.56 Å². The van der Waals surface area contributed by atoms with Gasteiger partial charge in [-0.25, -0.2) is 4.98 Å². The van der Waals surface area contributed by atoms with Gasteiger partial charge in [-0.3, -0.25) is 0 Å². The third kappa shape index (κ3) is 3.35. The van der Waals surface area contributed by atoms with E-state index < -0.39 is 0 Å². The normalized spacial score (nSPS) is 19.8. The van der Waals surface area contributed by atoms with Crippen molar-refractivity contribution in [2.24, 2.45) is 0 Å². The first kappa shape index (κ1) is 16.0. The molecule has 1 aromatic carbocycles. The number of aromatic nitrogens is 4. The van der Waals surface area contributed by atoms with Gasteiger partial charge in [0.2, 0.25) is 11.7 Å². The molecule has 0 aliphatic heterocycles. The third-order valence-corrected chi connectivity index (χ3v) is 4.75. The lowest BCUT2D eigenvalue weighted by atomic mass is 9.82. The second-order valence-electron chi connectivity index (χ2n) is 6.50. The molecule has 0 N–H and O–H groups in total. The minimum absolute atomic E-state index is 0.328. The van der Waals surface area contributed by atoms with Gasteiger partial charge in [-0.2, -0.15) is 4.98 Å². The summed E-state index contributed by atoms with van der Waals surface area (Å²) in [5.74, 6) is 2.71. The smallest absolute Gasteiger partial charge is 0.230 e. The third-order valence-electron chi connectivity index (χ3n) is 4.75. The monoisotopic (exact) mass is 338 g/mol. The Morgan fingerprint density at radius 2 is 2.20 bits per heavy atom. The van der Waals surface area contributed by atoms with E-state index in [4.69, 9.17) is 9.26 Å². The molecule has 0 atom stereocenters. The van der Waals surface area contributed by atoms with E-state index in [9.17, 15) is 0 Å². The predicted molar refractivity (Wildman–Crippen MR) is 93.2 cm³/mol. The van der Waals surface area contributed by atoms with Crippen molar-refractivity contribution in [1.29, 1.82) is 0 Å². The molecule has 1 saturated carbocycles. The fraction of sp³-hybridized carbons (Fsp3) is 0.421. The molecule has 0 bridgehead atoms. The number of benzene rings is 1. The van der Waals surface area contributed by atoms with Crippen LogP contribution in [0.5, 0.6) is 0 Å². The van der Waals surface area contributed by atoms with Crippen LogP contribution in [0.25, 0.3) is 11.4 Å². The number of rotatable bonds is 6. The summed E-state index contributed by atoms with van der Waals surface area (Å²) in [4.78, 5) is 8.86. The topological polar surface area (TPSA) is 66.0 Å². The molecule has 3 aromatic rings. The van der Waals surface area contributed by atoms with E-state index in [-0.39, 0.29) is 0 Å². The molecule has 1 fully saturated rings. The highest BCUT2D eigenvalue weighted by molar-refractivity contribution is 5.55. The molecule has 0 saturated heterocycles. The van der Waals surface area contributed by atoms with E-state index in [0.29, 0.717) is 17.8 Å². The molecule has 6 heteroatoms. The minimum atomic E-state index is 0.328. The zero-order chi connectivity index (χ0) is 17.2. The molecule has 0 spiro atoms. The summed E-state index contributed by atoms with van der Waals surface area (Å²) in [5.41, 5.74) is 2.16. The molecular weight excluding hydrogens is 316 g/mol. The highest BCUT2D eigenvalue weighted by atomic mass is 16.5. The maximum atomic E-state index is 5.60. The number of aryl methyl sites for hydroxylation is 1. The van der Waals surface area contributed by atoms with Crippen molar-refractivity contribution >= 4 is 0 Å². The number of nitrogens with zero attached hydrogens (tertiary/aromatic N) is 4. The summed E-state index contributed by atoms with van der Waals surface area (Å²) >= 11 is 0. The van der Waals surface area contributed by atoms with E-state index in [2.05, 4.69) is 31.8 Å². The molecule has 0 amide bonds. The molecule has 2 heterocycles. The molecule has 6 nitrogen and oxygen atoms in total. The molecule has 25 heavy (non-hydrogen) atoms. The number of imidazole rings is 1. The van der Waals surface area contributed by atoms with Crippen LogP contribution in [0, 0.1) is 6.92 Å². The van der Waals surface area contributed by atoms with Gasteiger partial charge in [0.15, 0.2) is 0 Å². The van der Waals surface area contributed by atoms with Crippen molar-refractivity contribution in [1.82, 2.24) is 19.7 Å². The highest BCUT2D eigenvalue weighted by Gasteiger charge is 2.34. The van der Waals surface area contributed by atoms with E-state index in [1.807, 2.05) is 38.4 Å². The van der Waals surface area contributed by atoms with Crippen LogP contribution >= 0.6 is 0 Å². The summed E-state index contributed by atoms with van der Waals surface area (Å²) in [6.07, 6.45) is 6.08.